The third-order valence-electron chi connectivity index (χ3n) is 9.64. The molecule has 0 fully saturated rings. The number of esters is 1. The van der Waals surface area contributed by atoms with Crippen LogP contribution in [0, 0.1) is 0 Å². The summed E-state index contributed by atoms with van der Waals surface area (Å²) in [6.45, 7) is 4.67. The SMILES string of the molecule is CCCCC/C=C\C/C=C\C/C=C\C/C=C\CCCCCC(=O)O[C@H](CO/C=C\CCCCCCCCCCCCCCCC)COP(=O)([O-])OCC[N+](C)(C)C. The van der Waals surface area contributed by atoms with Crippen LogP contribution in [0.15, 0.2) is 60.9 Å². The van der Waals surface area contributed by atoms with Gasteiger partial charge in [-0.05, 0) is 70.3 Å². The van der Waals surface area contributed by atoms with E-state index in [0.717, 1.165) is 51.4 Å². The van der Waals surface area contributed by atoms with E-state index in [0.29, 0.717) is 17.4 Å². The molecule has 0 N–H and O–H groups in total. The molecular weight excluding hydrogens is 734 g/mol. The van der Waals surface area contributed by atoms with Gasteiger partial charge in [-0.15, -0.1) is 0 Å². The van der Waals surface area contributed by atoms with Crippen LogP contribution in [0.2, 0.25) is 0 Å². The number of hydrogen-bond acceptors (Lipinski definition) is 7. The average Bonchev–Trinajstić information content (AvgIpc) is 3.16. The number of ether oxygens (including phenoxy) is 2. The monoisotopic (exact) mass is 822 g/mol. The van der Waals surface area contributed by atoms with Crippen LogP contribution in [0.1, 0.15) is 187 Å². The maximum Gasteiger partial charge on any atom is 0.306 e. The predicted octanol–water partition coefficient (Wildman–Crippen LogP) is 13.4. The Balaban J connectivity index is 4.34. The Morgan fingerprint density at radius 1 is 0.561 bits per heavy atom. The number of nitrogens with zero attached hydrogens (tertiary/aromatic N) is 1. The molecule has 0 heterocycles. The first-order valence-corrected chi connectivity index (χ1v) is 24.5. The summed E-state index contributed by atoms with van der Waals surface area (Å²) in [6.07, 6.45) is 51.8. The summed E-state index contributed by atoms with van der Waals surface area (Å²) in [5.74, 6) is -0.386. The molecule has 0 aliphatic carbocycles. The second kappa shape index (κ2) is 40.8. The van der Waals surface area contributed by atoms with Crippen LogP contribution in [0.5, 0.6) is 0 Å². The highest BCUT2D eigenvalue weighted by atomic mass is 31.2. The molecule has 0 aromatic carbocycles. The second-order valence-electron chi connectivity index (χ2n) is 16.5. The fraction of sp³-hybridized carbons (Fsp3) is 0.771. The Labute approximate surface area is 351 Å². The van der Waals surface area contributed by atoms with Gasteiger partial charge in [0.2, 0.25) is 0 Å². The third kappa shape index (κ3) is 45.0. The number of phosphoric acid groups is 1. The normalized spacial score (nSPS) is 14.2. The van der Waals surface area contributed by atoms with E-state index in [4.69, 9.17) is 18.5 Å². The van der Waals surface area contributed by atoms with E-state index in [1.165, 1.54) is 109 Å². The molecule has 1 unspecified atom stereocenters. The molecule has 9 heteroatoms. The lowest BCUT2D eigenvalue weighted by molar-refractivity contribution is -0.870. The molecular formula is C48H88NO7P. The summed E-state index contributed by atoms with van der Waals surface area (Å²) >= 11 is 0. The highest BCUT2D eigenvalue weighted by Gasteiger charge is 2.20. The lowest BCUT2D eigenvalue weighted by atomic mass is 10.0. The summed E-state index contributed by atoms with van der Waals surface area (Å²) in [5, 5.41) is 0. The van der Waals surface area contributed by atoms with Gasteiger partial charge in [0.1, 0.15) is 19.8 Å². The van der Waals surface area contributed by atoms with E-state index in [1.54, 1.807) is 6.26 Å². The zero-order chi connectivity index (χ0) is 42.0. The fourth-order valence-corrected chi connectivity index (χ4v) is 6.75. The number of phosphoric ester groups is 1. The zero-order valence-electron chi connectivity index (χ0n) is 37.5. The Hall–Kier alpha value is -1.96. The standard InChI is InChI=1S/C48H88NO7P/c1-6-8-10-12-14-16-18-20-22-24-25-26-27-29-31-33-35-37-39-41-48(50)56-47(46-55-57(51,52)54-44-42-49(3,4)5)45-53-43-40-38-36-34-32-30-28-23-21-19-17-15-13-11-9-7-2/h14,16,20,22,25-26,29,31,40,43,47H,6-13,15,17-19,21,23-24,27-28,30,32-39,41-42,44-46H2,1-5H3/b16-14-,22-20-,26-25-,31-29-,43-40-/t47-/m1/s1. The van der Waals surface area contributed by atoms with Crippen LogP contribution in [0.3, 0.4) is 0 Å². The van der Waals surface area contributed by atoms with Crippen LogP contribution in [-0.4, -0.2) is 64.1 Å². The lowest BCUT2D eigenvalue weighted by Gasteiger charge is -2.28. The molecule has 332 valence electrons. The van der Waals surface area contributed by atoms with Crippen molar-refractivity contribution in [1.29, 1.82) is 0 Å². The molecule has 0 bridgehead atoms. The van der Waals surface area contributed by atoms with Gasteiger partial charge in [-0.3, -0.25) is 9.36 Å². The maximum absolute atomic E-state index is 12.7. The molecule has 0 spiro atoms. The van der Waals surface area contributed by atoms with E-state index in [1.807, 2.05) is 27.2 Å². The van der Waals surface area contributed by atoms with Crippen molar-refractivity contribution in [3.8, 4) is 0 Å². The summed E-state index contributed by atoms with van der Waals surface area (Å²) in [4.78, 5) is 25.0. The van der Waals surface area contributed by atoms with Crippen LogP contribution in [-0.2, 0) is 27.9 Å². The van der Waals surface area contributed by atoms with Crippen LogP contribution in [0.25, 0.3) is 0 Å². The summed E-state index contributed by atoms with van der Waals surface area (Å²) in [5.41, 5.74) is 0. The molecule has 57 heavy (non-hydrogen) atoms. The van der Waals surface area contributed by atoms with Crippen LogP contribution < -0.4 is 4.89 Å². The molecule has 0 aliphatic heterocycles. The molecule has 0 saturated carbocycles. The number of rotatable bonds is 42. The second-order valence-corrected chi connectivity index (χ2v) is 17.9. The zero-order valence-corrected chi connectivity index (χ0v) is 38.4. The molecule has 0 radical (unpaired) electrons. The van der Waals surface area contributed by atoms with Crippen molar-refractivity contribution in [3.63, 3.8) is 0 Å². The van der Waals surface area contributed by atoms with Crippen molar-refractivity contribution in [3.05, 3.63) is 60.9 Å². The molecule has 0 rings (SSSR count). The van der Waals surface area contributed by atoms with E-state index in [9.17, 15) is 14.3 Å². The van der Waals surface area contributed by atoms with Gasteiger partial charge in [0.15, 0.2) is 6.10 Å². The first-order valence-electron chi connectivity index (χ1n) is 23.1. The summed E-state index contributed by atoms with van der Waals surface area (Å²) in [7, 11) is 1.30. The number of carbonyl (C=O) groups is 1. The average molecular weight is 822 g/mol. The number of carbonyl (C=O) groups excluding carboxylic acids is 1. The topological polar surface area (TPSA) is 94.1 Å². The van der Waals surface area contributed by atoms with Gasteiger partial charge in [0.05, 0.1) is 34.0 Å². The minimum Gasteiger partial charge on any atom is -0.756 e. The van der Waals surface area contributed by atoms with Crippen molar-refractivity contribution in [2.45, 2.75) is 193 Å². The van der Waals surface area contributed by atoms with E-state index >= 15 is 0 Å². The fourth-order valence-electron chi connectivity index (χ4n) is 6.02. The first-order chi connectivity index (χ1) is 27.6. The van der Waals surface area contributed by atoms with Crippen molar-refractivity contribution < 1.29 is 37.3 Å². The summed E-state index contributed by atoms with van der Waals surface area (Å²) < 4.78 is 34.3. The Kier molecular flexibility index (Phi) is 39.4. The molecule has 0 saturated heterocycles. The maximum atomic E-state index is 12.7. The van der Waals surface area contributed by atoms with E-state index in [-0.39, 0.29) is 32.2 Å². The minimum atomic E-state index is -4.55. The Morgan fingerprint density at radius 2 is 0.982 bits per heavy atom. The van der Waals surface area contributed by atoms with Crippen molar-refractivity contribution in [1.82, 2.24) is 0 Å². The van der Waals surface area contributed by atoms with Gasteiger partial charge >= 0.3 is 5.97 Å². The van der Waals surface area contributed by atoms with Gasteiger partial charge in [-0.1, -0.05) is 165 Å². The number of hydrogen-bond donors (Lipinski definition) is 0. The highest BCUT2D eigenvalue weighted by Crippen LogP contribution is 2.38. The Bertz CT molecular complexity index is 1090. The quantitative estimate of drug-likeness (QED) is 0.0151. The molecule has 2 atom stereocenters. The molecule has 0 aliphatic rings. The minimum absolute atomic E-state index is 0.00588. The van der Waals surface area contributed by atoms with Crippen molar-refractivity contribution in [2.24, 2.45) is 0 Å². The van der Waals surface area contributed by atoms with E-state index in [2.05, 4.69) is 62.5 Å². The molecule has 0 aromatic rings. The van der Waals surface area contributed by atoms with Crippen molar-refractivity contribution in [2.75, 3.05) is 47.5 Å². The number of unbranched alkanes of at least 4 members (excludes halogenated alkanes) is 20. The number of allylic oxidation sites excluding steroid dienone is 9. The van der Waals surface area contributed by atoms with Gasteiger partial charge in [-0.25, -0.2) is 0 Å². The van der Waals surface area contributed by atoms with E-state index < -0.39 is 13.9 Å². The Morgan fingerprint density at radius 3 is 1.49 bits per heavy atom. The molecule has 0 aromatic heterocycles. The summed E-state index contributed by atoms with van der Waals surface area (Å²) in [6, 6.07) is 0. The third-order valence-corrected chi connectivity index (χ3v) is 10.6. The largest absolute Gasteiger partial charge is 0.756 e. The van der Waals surface area contributed by atoms with Gasteiger partial charge in [0.25, 0.3) is 7.82 Å². The molecule has 8 nitrogen and oxygen atoms in total. The van der Waals surface area contributed by atoms with Gasteiger partial charge in [-0.2, -0.15) is 0 Å². The number of likely N-dealkylation sites (N-methyl/N-ethyl adjacent to an activating group) is 1. The highest BCUT2D eigenvalue weighted by molar-refractivity contribution is 7.45. The smallest absolute Gasteiger partial charge is 0.306 e. The van der Waals surface area contributed by atoms with Crippen LogP contribution in [0.4, 0.5) is 0 Å². The first kappa shape index (κ1) is 55.0. The van der Waals surface area contributed by atoms with Gasteiger partial charge in [0, 0.05) is 6.42 Å². The van der Waals surface area contributed by atoms with Crippen LogP contribution >= 0.6 is 7.82 Å². The van der Waals surface area contributed by atoms with Gasteiger partial charge < -0.3 is 27.9 Å². The lowest BCUT2D eigenvalue weighted by Crippen LogP contribution is -2.37. The van der Waals surface area contributed by atoms with Crippen molar-refractivity contribution >= 4 is 13.8 Å². The molecule has 0 amide bonds. The number of quaternary nitrogens is 1. The predicted molar refractivity (Wildman–Crippen MR) is 240 cm³/mol.